The summed E-state index contributed by atoms with van der Waals surface area (Å²) in [6.07, 6.45) is -5.16. The van der Waals surface area contributed by atoms with Crippen LogP contribution in [-0.4, -0.2) is 12.1 Å². The quantitative estimate of drug-likeness (QED) is 0.661. The minimum absolute atomic E-state index is 0.0739. The van der Waals surface area contributed by atoms with E-state index in [2.05, 4.69) is 0 Å². The number of halogens is 4. The van der Waals surface area contributed by atoms with E-state index in [-0.39, 0.29) is 17.1 Å². The Hall–Kier alpha value is -3.28. The van der Waals surface area contributed by atoms with Gasteiger partial charge >= 0.3 is 12.1 Å². The number of nitrogens with zero attached hydrogens (tertiary/aromatic N) is 1. The number of carbonyl (C=O) groups is 1. The third-order valence-corrected chi connectivity index (χ3v) is 2.80. The number of nitrogens with one attached hydrogen (secondary N) is 1. The Balaban J connectivity index is 2.29. The van der Waals surface area contributed by atoms with Crippen molar-refractivity contribution >= 4 is 17.3 Å². The molecule has 3 N–H and O–H groups in total. The molecule has 9 heteroatoms. The summed E-state index contributed by atoms with van der Waals surface area (Å²) < 4.78 is 55.6. The number of alkyl halides is 3. The molecule has 2 aromatic carbocycles. The molecule has 0 aliphatic heterocycles. The van der Waals surface area contributed by atoms with Crippen molar-refractivity contribution in [2.75, 3.05) is 11.1 Å². The van der Waals surface area contributed by atoms with E-state index in [0.717, 1.165) is 18.2 Å². The number of nitrogens with two attached hydrogens (primary N) is 1. The van der Waals surface area contributed by atoms with E-state index in [1.807, 2.05) is 6.07 Å². The van der Waals surface area contributed by atoms with Gasteiger partial charge in [-0.1, -0.05) is 0 Å². The zero-order valence-electron chi connectivity index (χ0n) is 11.8. The van der Waals surface area contributed by atoms with Crippen LogP contribution in [0.1, 0.15) is 5.56 Å². The summed E-state index contributed by atoms with van der Waals surface area (Å²) in [7, 11) is 0. The Morgan fingerprint density at radius 3 is 2.54 bits per heavy atom. The van der Waals surface area contributed by atoms with Gasteiger partial charge in [0.15, 0.2) is 0 Å². The molecule has 0 radical (unpaired) electrons. The van der Waals surface area contributed by atoms with Crippen molar-refractivity contribution in [3.63, 3.8) is 0 Å². The van der Waals surface area contributed by atoms with Crippen LogP contribution >= 0.6 is 0 Å². The first kappa shape index (κ1) is 17.1. The maximum absolute atomic E-state index is 13.5. The zero-order chi connectivity index (χ0) is 17.9. The van der Waals surface area contributed by atoms with Crippen LogP contribution in [0.25, 0.3) is 0 Å². The molecule has 1 amide bonds. The standard InChI is InChI=1S/C15H9F4N3O2/c16-11-3-2-10(6-12(11)22-14(23)15(17,18)19)24-13-4-1-9(21)5-8(13)7-20/h1-6H,21H2,(H,22,23). The highest BCUT2D eigenvalue weighted by atomic mass is 19.4. The van der Waals surface area contributed by atoms with Crippen LogP contribution in [0.3, 0.4) is 0 Å². The molecule has 0 saturated carbocycles. The highest BCUT2D eigenvalue weighted by Gasteiger charge is 2.39. The van der Waals surface area contributed by atoms with E-state index < -0.39 is 23.6 Å². The van der Waals surface area contributed by atoms with Gasteiger partial charge in [-0.25, -0.2) is 4.39 Å². The van der Waals surface area contributed by atoms with Crippen LogP contribution in [0, 0.1) is 17.1 Å². The number of nitrogen functional groups attached to an aromatic ring is 1. The van der Waals surface area contributed by atoms with Crippen LogP contribution in [-0.2, 0) is 4.79 Å². The molecule has 0 aliphatic rings. The van der Waals surface area contributed by atoms with E-state index >= 15 is 0 Å². The molecule has 0 bridgehead atoms. The SMILES string of the molecule is N#Cc1cc(N)ccc1Oc1ccc(F)c(NC(=O)C(F)(F)F)c1. The largest absolute Gasteiger partial charge is 0.471 e. The van der Waals surface area contributed by atoms with Gasteiger partial charge in [0.2, 0.25) is 0 Å². The zero-order valence-corrected chi connectivity index (χ0v) is 11.8. The number of nitriles is 1. The van der Waals surface area contributed by atoms with Gasteiger partial charge in [0, 0.05) is 11.8 Å². The van der Waals surface area contributed by atoms with E-state index in [1.165, 1.54) is 23.5 Å². The van der Waals surface area contributed by atoms with Crippen LogP contribution in [0.2, 0.25) is 0 Å². The lowest BCUT2D eigenvalue weighted by Gasteiger charge is -2.12. The average Bonchev–Trinajstić information content (AvgIpc) is 2.51. The number of carbonyl (C=O) groups excluding carboxylic acids is 1. The van der Waals surface area contributed by atoms with Crippen molar-refractivity contribution in [1.82, 2.24) is 0 Å². The van der Waals surface area contributed by atoms with Gasteiger partial charge in [0.05, 0.1) is 11.3 Å². The number of amides is 1. The van der Waals surface area contributed by atoms with Gasteiger partial charge in [-0.15, -0.1) is 0 Å². The van der Waals surface area contributed by atoms with E-state index in [0.29, 0.717) is 5.69 Å². The van der Waals surface area contributed by atoms with Gasteiger partial charge in [0.1, 0.15) is 23.4 Å². The second-order valence-corrected chi connectivity index (χ2v) is 4.56. The molecule has 0 aromatic heterocycles. The molecule has 0 spiro atoms. The lowest BCUT2D eigenvalue weighted by molar-refractivity contribution is -0.167. The molecule has 0 aliphatic carbocycles. The highest BCUT2D eigenvalue weighted by molar-refractivity contribution is 5.95. The van der Waals surface area contributed by atoms with Crippen molar-refractivity contribution in [2.45, 2.75) is 6.18 Å². The fourth-order valence-electron chi connectivity index (χ4n) is 1.71. The third-order valence-electron chi connectivity index (χ3n) is 2.80. The molecule has 0 heterocycles. The maximum Gasteiger partial charge on any atom is 0.471 e. The number of benzene rings is 2. The predicted molar refractivity (Wildman–Crippen MR) is 76.7 cm³/mol. The van der Waals surface area contributed by atoms with Crippen LogP contribution in [0.5, 0.6) is 11.5 Å². The summed E-state index contributed by atoms with van der Waals surface area (Å²) in [6, 6.07) is 8.84. The summed E-state index contributed by atoms with van der Waals surface area (Å²) in [4.78, 5) is 10.9. The van der Waals surface area contributed by atoms with Crippen LogP contribution in [0.15, 0.2) is 36.4 Å². The maximum atomic E-state index is 13.5. The first-order valence-corrected chi connectivity index (χ1v) is 6.36. The molecule has 124 valence electrons. The van der Waals surface area contributed by atoms with Crippen LogP contribution in [0.4, 0.5) is 28.9 Å². The number of hydrogen-bond acceptors (Lipinski definition) is 4. The predicted octanol–water partition coefficient (Wildman–Crippen LogP) is 3.57. The molecule has 5 nitrogen and oxygen atoms in total. The summed E-state index contributed by atoms with van der Waals surface area (Å²) in [5.41, 5.74) is 5.22. The molecule has 0 atom stereocenters. The second kappa shape index (κ2) is 6.45. The van der Waals surface area contributed by atoms with Crippen molar-refractivity contribution < 1.29 is 27.1 Å². The summed E-state index contributed by atoms with van der Waals surface area (Å²) >= 11 is 0. The monoisotopic (exact) mass is 339 g/mol. The first-order chi connectivity index (χ1) is 11.2. The van der Waals surface area contributed by atoms with E-state index in [1.54, 1.807) is 0 Å². The smallest absolute Gasteiger partial charge is 0.456 e. The molecule has 24 heavy (non-hydrogen) atoms. The molecule has 2 aromatic rings. The fourth-order valence-corrected chi connectivity index (χ4v) is 1.71. The lowest BCUT2D eigenvalue weighted by Crippen LogP contribution is -2.30. The van der Waals surface area contributed by atoms with E-state index in [4.69, 9.17) is 15.7 Å². The van der Waals surface area contributed by atoms with Crippen LogP contribution < -0.4 is 15.8 Å². The van der Waals surface area contributed by atoms with Crippen molar-refractivity contribution in [3.05, 3.63) is 47.8 Å². The molecule has 0 unspecified atom stereocenters. The molecule has 2 rings (SSSR count). The van der Waals surface area contributed by atoms with Gasteiger partial charge in [-0.2, -0.15) is 18.4 Å². The van der Waals surface area contributed by atoms with Gasteiger partial charge in [-0.3, -0.25) is 4.79 Å². The minimum Gasteiger partial charge on any atom is -0.456 e. The summed E-state index contributed by atoms with van der Waals surface area (Å²) in [5, 5.41) is 10.4. The lowest BCUT2D eigenvalue weighted by atomic mass is 10.2. The summed E-state index contributed by atoms with van der Waals surface area (Å²) in [5.74, 6) is -3.39. The van der Waals surface area contributed by atoms with Gasteiger partial charge < -0.3 is 15.8 Å². The molecular weight excluding hydrogens is 330 g/mol. The molecular formula is C15H9F4N3O2. The number of rotatable bonds is 3. The highest BCUT2D eigenvalue weighted by Crippen LogP contribution is 2.30. The minimum atomic E-state index is -5.16. The summed E-state index contributed by atoms with van der Waals surface area (Å²) in [6.45, 7) is 0. The first-order valence-electron chi connectivity index (χ1n) is 6.36. The Kier molecular flexibility index (Phi) is 4.59. The average molecular weight is 339 g/mol. The van der Waals surface area contributed by atoms with Crippen molar-refractivity contribution in [2.24, 2.45) is 0 Å². The van der Waals surface area contributed by atoms with Gasteiger partial charge in [0.25, 0.3) is 0 Å². The number of anilines is 2. The second-order valence-electron chi connectivity index (χ2n) is 4.56. The molecule has 0 fully saturated rings. The Bertz CT molecular complexity index is 828. The van der Waals surface area contributed by atoms with Crippen molar-refractivity contribution in [1.29, 1.82) is 5.26 Å². The topological polar surface area (TPSA) is 88.1 Å². The normalized spacial score (nSPS) is 10.8. The van der Waals surface area contributed by atoms with E-state index in [9.17, 15) is 22.4 Å². The van der Waals surface area contributed by atoms with Crippen molar-refractivity contribution in [3.8, 4) is 17.6 Å². The molecule has 0 saturated heterocycles. The Labute approximate surface area is 133 Å². The Morgan fingerprint density at radius 1 is 1.21 bits per heavy atom. The van der Waals surface area contributed by atoms with Gasteiger partial charge in [-0.05, 0) is 30.3 Å². The number of ether oxygens (including phenoxy) is 1. The fraction of sp³-hybridized carbons (Fsp3) is 0.0667. The third kappa shape index (κ3) is 3.92. The number of hydrogen-bond donors (Lipinski definition) is 2. The Morgan fingerprint density at radius 2 is 1.92 bits per heavy atom.